The molecular formula is C15H20N2O2. The first kappa shape index (κ1) is 12.5. The van der Waals surface area contributed by atoms with Crippen LogP contribution in [0.1, 0.15) is 31.2 Å². The highest BCUT2D eigenvalue weighted by molar-refractivity contribution is 5.80. The lowest BCUT2D eigenvalue weighted by atomic mass is 9.97. The van der Waals surface area contributed by atoms with Crippen LogP contribution in [-0.4, -0.2) is 34.0 Å². The molecule has 2 fully saturated rings. The van der Waals surface area contributed by atoms with E-state index in [2.05, 4.69) is 0 Å². The molecule has 2 saturated heterocycles. The lowest BCUT2D eigenvalue weighted by Crippen LogP contribution is -2.50. The summed E-state index contributed by atoms with van der Waals surface area (Å²) in [5.41, 5.74) is 6.89. The first-order valence-corrected chi connectivity index (χ1v) is 6.98. The number of carbonyl (C=O) groups is 1. The zero-order valence-corrected chi connectivity index (χ0v) is 11.0. The van der Waals surface area contributed by atoms with Gasteiger partial charge in [0, 0.05) is 18.1 Å². The number of carbonyl (C=O) groups excluding carboxylic acids is 1. The average Bonchev–Trinajstić information content (AvgIpc) is 2.62. The zero-order chi connectivity index (χ0) is 13.4. The van der Waals surface area contributed by atoms with E-state index in [1.807, 2.05) is 11.0 Å². The van der Waals surface area contributed by atoms with Crippen molar-refractivity contribution in [2.75, 3.05) is 0 Å². The second kappa shape index (κ2) is 4.85. The average molecular weight is 260 g/mol. The molecule has 0 spiro atoms. The van der Waals surface area contributed by atoms with Gasteiger partial charge in [-0.05, 0) is 43.4 Å². The number of phenols is 1. The van der Waals surface area contributed by atoms with Crippen LogP contribution in [0, 0.1) is 0 Å². The van der Waals surface area contributed by atoms with E-state index < -0.39 is 0 Å². The zero-order valence-electron chi connectivity index (χ0n) is 11.0. The number of piperidine rings is 1. The normalized spacial score (nSPS) is 29.5. The lowest BCUT2D eigenvalue weighted by Gasteiger charge is -2.37. The number of fused-ring (bicyclic) bond motifs is 2. The maximum atomic E-state index is 12.4. The predicted octanol–water partition coefficient (Wildman–Crippen LogP) is 1.42. The summed E-state index contributed by atoms with van der Waals surface area (Å²) in [5.74, 6) is 0.388. The molecule has 0 radical (unpaired) electrons. The second-order valence-corrected chi connectivity index (χ2v) is 5.76. The molecular weight excluding hydrogens is 240 g/mol. The quantitative estimate of drug-likeness (QED) is 0.845. The fraction of sp³-hybridized carbons (Fsp3) is 0.533. The molecule has 0 aliphatic carbocycles. The number of rotatable bonds is 2. The van der Waals surface area contributed by atoms with Gasteiger partial charge in [-0.15, -0.1) is 0 Å². The minimum atomic E-state index is 0.171. The predicted molar refractivity (Wildman–Crippen MR) is 72.7 cm³/mol. The molecule has 2 aliphatic rings. The van der Waals surface area contributed by atoms with Gasteiger partial charge in [-0.3, -0.25) is 4.79 Å². The van der Waals surface area contributed by atoms with E-state index >= 15 is 0 Å². The molecule has 0 aromatic heterocycles. The highest BCUT2D eigenvalue weighted by atomic mass is 16.3. The molecule has 102 valence electrons. The lowest BCUT2D eigenvalue weighted by molar-refractivity contribution is -0.135. The van der Waals surface area contributed by atoms with E-state index in [0.29, 0.717) is 18.5 Å². The molecule has 3 rings (SSSR count). The van der Waals surface area contributed by atoms with E-state index in [1.54, 1.807) is 18.2 Å². The maximum absolute atomic E-state index is 12.4. The monoisotopic (exact) mass is 260 g/mol. The summed E-state index contributed by atoms with van der Waals surface area (Å²) in [7, 11) is 0. The molecule has 1 aromatic carbocycles. The van der Waals surface area contributed by atoms with Crippen molar-refractivity contribution in [2.24, 2.45) is 5.73 Å². The standard InChI is InChI=1S/C15H20N2O2/c16-11-8-12-4-5-13(9-11)17(12)15(19)7-10-2-1-3-14(18)6-10/h1-3,6,11-13,18H,4-5,7-9,16H2. The van der Waals surface area contributed by atoms with Crippen LogP contribution < -0.4 is 5.73 Å². The summed E-state index contributed by atoms with van der Waals surface area (Å²) in [6.45, 7) is 0. The number of nitrogens with two attached hydrogens (primary N) is 1. The van der Waals surface area contributed by atoms with Gasteiger partial charge in [0.15, 0.2) is 0 Å². The van der Waals surface area contributed by atoms with E-state index in [4.69, 9.17) is 5.73 Å². The Morgan fingerprint density at radius 1 is 1.32 bits per heavy atom. The number of hydrogen-bond acceptors (Lipinski definition) is 3. The molecule has 1 aromatic rings. The number of aromatic hydroxyl groups is 1. The highest BCUT2D eigenvalue weighted by Crippen LogP contribution is 2.35. The van der Waals surface area contributed by atoms with E-state index in [-0.39, 0.29) is 17.7 Å². The molecule has 2 heterocycles. The van der Waals surface area contributed by atoms with Crippen molar-refractivity contribution in [2.45, 2.75) is 50.2 Å². The summed E-state index contributed by atoms with van der Waals surface area (Å²) in [6.07, 6.45) is 4.41. The number of amides is 1. The van der Waals surface area contributed by atoms with E-state index in [1.165, 1.54) is 0 Å². The fourth-order valence-electron chi connectivity index (χ4n) is 3.56. The van der Waals surface area contributed by atoms with Crippen molar-refractivity contribution in [3.05, 3.63) is 29.8 Å². The SMILES string of the molecule is NC1CC2CCC(C1)N2C(=O)Cc1cccc(O)c1. The molecule has 2 atom stereocenters. The number of hydrogen-bond donors (Lipinski definition) is 2. The minimum Gasteiger partial charge on any atom is -0.508 e. The highest BCUT2D eigenvalue weighted by Gasteiger charge is 2.41. The van der Waals surface area contributed by atoms with Crippen molar-refractivity contribution in [1.29, 1.82) is 0 Å². The first-order chi connectivity index (χ1) is 9.13. The van der Waals surface area contributed by atoms with Crippen molar-refractivity contribution < 1.29 is 9.90 Å². The van der Waals surface area contributed by atoms with Crippen LogP contribution in [0.25, 0.3) is 0 Å². The van der Waals surface area contributed by atoms with Gasteiger partial charge in [-0.2, -0.15) is 0 Å². The molecule has 2 unspecified atom stereocenters. The third kappa shape index (κ3) is 2.45. The molecule has 2 aliphatic heterocycles. The first-order valence-electron chi connectivity index (χ1n) is 6.98. The van der Waals surface area contributed by atoms with E-state index in [9.17, 15) is 9.90 Å². The maximum Gasteiger partial charge on any atom is 0.227 e. The van der Waals surface area contributed by atoms with Crippen molar-refractivity contribution in [1.82, 2.24) is 4.90 Å². The van der Waals surface area contributed by atoms with Gasteiger partial charge in [0.1, 0.15) is 5.75 Å². The van der Waals surface area contributed by atoms with Gasteiger partial charge in [0.05, 0.1) is 6.42 Å². The molecule has 2 bridgehead atoms. The Hall–Kier alpha value is -1.55. The fourth-order valence-corrected chi connectivity index (χ4v) is 3.56. The Balaban J connectivity index is 1.71. The Labute approximate surface area is 113 Å². The van der Waals surface area contributed by atoms with Gasteiger partial charge in [-0.1, -0.05) is 12.1 Å². The molecule has 3 N–H and O–H groups in total. The minimum absolute atomic E-state index is 0.171. The molecule has 4 nitrogen and oxygen atoms in total. The van der Waals surface area contributed by atoms with Gasteiger partial charge < -0.3 is 15.7 Å². The molecule has 1 amide bonds. The molecule has 0 saturated carbocycles. The Kier molecular flexibility index (Phi) is 3.19. The summed E-state index contributed by atoms with van der Waals surface area (Å²) in [4.78, 5) is 14.5. The van der Waals surface area contributed by atoms with Gasteiger partial charge in [-0.25, -0.2) is 0 Å². The summed E-state index contributed by atoms with van der Waals surface area (Å²) >= 11 is 0. The Morgan fingerprint density at radius 2 is 2.00 bits per heavy atom. The molecule has 4 heteroatoms. The summed E-state index contributed by atoms with van der Waals surface area (Å²) in [6, 6.07) is 7.86. The summed E-state index contributed by atoms with van der Waals surface area (Å²) < 4.78 is 0. The number of phenolic OH excluding ortho intramolecular Hbond substituents is 1. The smallest absolute Gasteiger partial charge is 0.227 e. The number of nitrogens with zero attached hydrogens (tertiary/aromatic N) is 1. The Bertz CT molecular complexity index is 475. The topological polar surface area (TPSA) is 66.6 Å². The van der Waals surface area contributed by atoms with Gasteiger partial charge >= 0.3 is 0 Å². The van der Waals surface area contributed by atoms with Crippen LogP contribution >= 0.6 is 0 Å². The van der Waals surface area contributed by atoms with Crippen LogP contribution in [0.5, 0.6) is 5.75 Å². The van der Waals surface area contributed by atoms with E-state index in [0.717, 1.165) is 31.2 Å². The van der Waals surface area contributed by atoms with Crippen molar-refractivity contribution in [3.8, 4) is 5.75 Å². The summed E-state index contributed by atoms with van der Waals surface area (Å²) in [5, 5.41) is 9.45. The number of benzene rings is 1. The van der Waals surface area contributed by atoms with Crippen LogP contribution in [-0.2, 0) is 11.2 Å². The van der Waals surface area contributed by atoms with Crippen molar-refractivity contribution >= 4 is 5.91 Å². The second-order valence-electron chi connectivity index (χ2n) is 5.76. The third-order valence-corrected chi connectivity index (χ3v) is 4.32. The van der Waals surface area contributed by atoms with Gasteiger partial charge in [0.25, 0.3) is 0 Å². The Morgan fingerprint density at radius 3 is 2.63 bits per heavy atom. The van der Waals surface area contributed by atoms with Crippen LogP contribution in [0.15, 0.2) is 24.3 Å². The third-order valence-electron chi connectivity index (χ3n) is 4.32. The van der Waals surface area contributed by atoms with Crippen LogP contribution in [0.2, 0.25) is 0 Å². The van der Waals surface area contributed by atoms with Crippen LogP contribution in [0.3, 0.4) is 0 Å². The van der Waals surface area contributed by atoms with Gasteiger partial charge in [0.2, 0.25) is 5.91 Å². The largest absolute Gasteiger partial charge is 0.508 e. The van der Waals surface area contributed by atoms with Crippen molar-refractivity contribution in [3.63, 3.8) is 0 Å². The molecule has 19 heavy (non-hydrogen) atoms. The van der Waals surface area contributed by atoms with Crippen LogP contribution in [0.4, 0.5) is 0 Å².